The number of halogens is 1. The van der Waals surface area contributed by atoms with E-state index in [1.54, 1.807) is 6.92 Å². The lowest BCUT2D eigenvalue weighted by molar-refractivity contribution is 0.253. The van der Waals surface area contributed by atoms with Gasteiger partial charge in [-0.2, -0.15) is 0 Å². The predicted molar refractivity (Wildman–Crippen MR) is 47.5 cm³/mol. The van der Waals surface area contributed by atoms with Crippen LogP contribution in [-0.4, -0.2) is 16.2 Å². The second kappa shape index (κ2) is 4.01. The molecular weight excluding hydrogens is 169 g/mol. The molecule has 1 N–H and O–H groups in total. The zero-order valence-corrected chi connectivity index (χ0v) is 7.50. The average Bonchev–Trinajstić information content (AvgIpc) is 2.02. The van der Waals surface area contributed by atoms with Gasteiger partial charge in [0.1, 0.15) is 11.8 Å². The molecule has 0 fully saturated rings. The summed E-state index contributed by atoms with van der Waals surface area (Å²) >= 11 is 0. The van der Waals surface area contributed by atoms with E-state index in [0.717, 1.165) is 5.56 Å². The van der Waals surface area contributed by atoms with Crippen LogP contribution in [0.1, 0.15) is 18.2 Å². The molecule has 1 heterocycles. The Morgan fingerprint density at radius 1 is 1.62 bits per heavy atom. The Morgan fingerprint density at radius 2 is 2.31 bits per heavy atom. The maximum absolute atomic E-state index is 13.1. The first-order chi connectivity index (χ1) is 6.09. The summed E-state index contributed by atoms with van der Waals surface area (Å²) in [5.41, 5.74) is 0.826. The van der Waals surface area contributed by atoms with Gasteiger partial charge in [0.15, 0.2) is 5.82 Å². The van der Waals surface area contributed by atoms with Crippen molar-refractivity contribution in [1.29, 1.82) is 0 Å². The maximum Gasteiger partial charge on any atom is 0.157 e. The highest BCUT2D eigenvalue weighted by Crippen LogP contribution is 2.04. The van der Waals surface area contributed by atoms with Crippen LogP contribution in [0.15, 0.2) is 12.3 Å². The van der Waals surface area contributed by atoms with E-state index >= 15 is 0 Å². The Morgan fingerprint density at radius 3 is 2.85 bits per heavy atom. The highest BCUT2D eigenvalue weighted by Gasteiger charge is 1.99. The van der Waals surface area contributed by atoms with Gasteiger partial charge in [0.25, 0.3) is 0 Å². The summed E-state index contributed by atoms with van der Waals surface area (Å²) in [4.78, 5) is 3.79. The molecule has 68 valence electrons. The zero-order chi connectivity index (χ0) is 9.84. The number of nitrogens with zero attached hydrogens (tertiary/aromatic N) is 1. The van der Waals surface area contributed by atoms with E-state index < -0.39 is 11.9 Å². The van der Waals surface area contributed by atoms with Gasteiger partial charge in [0.2, 0.25) is 0 Å². The summed E-state index contributed by atoms with van der Waals surface area (Å²) in [6.45, 7) is 3.26. The van der Waals surface area contributed by atoms with Crippen molar-refractivity contribution in [2.24, 2.45) is 0 Å². The minimum atomic E-state index is -0.762. The Labute approximate surface area is 76.4 Å². The first-order valence-corrected chi connectivity index (χ1v) is 3.91. The molecule has 0 unspecified atom stereocenters. The van der Waals surface area contributed by atoms with E-state index in [0.29, 0.717) is 0 Å². The molecule has 0 bridgehead atoms. The van der Waals surface area contributed by atoms with Crippen LogP contribution in [0, 0.1) is 24.6 Å². The maximum atomic E-state index is 13.1. The molecule has 0 aromatic carbocycles. The minimum Gasteiger partial charge on any atom is -0.381 e. The van der Waals surface area contributed by atoms with Gasteiger partial charge in [-0.25, -0.2) is 9.37 Å². The number of hydrogen-bond donors (Lipinski definition) is 1. The van der Waals surface area contributed by atoms with Crippen molar-refractivity contribution >= 4 is 0 Å². The Balaban J connectivity index is 2.98. The fourth-order valence-corrected chi connectivity index (χ4v) is 0.798. The molecule has 0 aliphatic rings. The number of aromatic nitrogens is 1. The van der Waals surface area contributed by atoms with Crippen LogP contribution in [0.3, 0.4) is 0 Å². The van der Waals surface area contributed by atoms with Crippen molar-refractivity contribution in [2.45, 2.75) is 20.0 Å². The van der Waals surface area contributed by atoms with Gasteiger partial charge in [-0.1, -0.05) is 5.92 Å². The third kappa shape index (κ3) is 2.85. The number of aliphatic hydroxyl groups excluding tert-OH is 1. The largest absolute Gasteiger partial charge is 0.381 e. The number of pyridine rings is 1. The standard InChI is InChI=1S/C10H10FNO/c1-7-5-9(11)10(12-6-7)4-3-8(2)13/h5-6,8,13H,1-2H3/t8-/m0/s1. The van der Waals surface area contributed by atoms with Crippen LogP contribution in [0.5, 0.6) is 0 Å². The third-order valence-corrected chi connectivity index (χ3v) is 1.38. The molecule has 0 radical (unpaired) electrons. The number of aliphatic hydroxyl groups is 1. The second-order valence-corrected chi connectivity index (χ2v) is 2.79. The lowest BCUT2D eigenvalue weighted by Gasteiger charge is -1.95. The molecule has 3 heteroatoms. The first kappa shape index (κ1) is 9.69. The highest BCUT2D eigenvalue weighted by molar-refractivity contribution is 5.31. The molecule has 0 aliphatic heterocycles. The molecule has 1 rings (SSSR count). The van der Waals surface area contributed by atoms with E-state index in [1.807, 2.05) is 0 Å². The molecule has 0 amide bonds. The second-order valence-electron chi connectivity index (χ2n) is 2.79. The predicted octanol–water partition coefficient (Wildman–Crippen LogP) is 1.26. The monoisotopic (exact) mass is 179 g/mol. The molecule has 1 aromatic heterocycles. The lowest BCUT2D eigenvalue weighted by Crippen LogP contribution is -1.95. The van der Waals surface area contributed by atoms with Gasteiger partial charge >= 0.3 is 0 Å². The molecule has 1 atom stereocenters. The zero-order valence-electron chi connectivity index (χ0n) is 7.50. The van der Waals surface area contributed by atoms with Crippen LogP contribution >= 0.6 is 0 Å². The van der Waals surface area contributed by atoms with Crippen LogP contribution < -0.4 is 0 Å². The first-order valence-electron chi connectivity index (χ1n) is 3.91. The van der Waals surface area contributed by atoms with Crippen LogP contribution in [-0.2, 0) is 0 Å². The van der Waals surface area contributed by atoms with E-state index in [9.17, 15) is 4.39 Å². The molecule has 1 aromatic rings. The van der Waals surface area contributed by atoms with E-state index in [-0.39, 0.29) is 5.69 Å². The van der Waals surface area contributed by atoms with E-state index in [2.05, 4.69) is 16.8 Å². The van der Waals surface area contributed by atoms with E-state index in [1.165, 1.54) is 19.2 Å². The van der Waals surface area contributed by atoms with E-state index in [4.69, 9.17) is 5.11 Å². The Bertz CT molecular complexity index is 363. The summed E-state index contributed by atoms with van der Waals surface area (Å²) < 4.78 is 13.1. The van der Waals surface area contributed by atoms with Crippen molar-refractivity contribution < 1.29 is 9.50 Å². The molecular formula is C10H10FNO. The lowest BCUT2D eigenvalue weighted by atomic mass is 10.2. The summed E-state index contributed by atoms with van der Waals surface area (Å²) in [5, 5.41) is 8.84. The van der Waals surface area contributed by atoms with Gasteiger partial charge in [-0.15, -0.1) is 0 Å². The van der Waals surface area contributed by atoms with Crippen LogP contribution in [0.25, 0.3) is 0 Å². The Kier molecular flexibility index (Phi) is 2.99. The molecule has 0 saturated heterocycles. The number of hydrogen-bond acceptors (Lipinski definition) is 2. The van der Waals surface area contributed by atoms with Crippen molar-refractivity contribution in [2.75, 3.05) is 0 Å². The van der Waals surface area contributed by atoms with Crippen molar-refractivity contribution in [3.63, 3.8) is 0 Å². The van der Waals surface area contributed by atoms with Crippen molar-refractivity contribution in [1.82, 2.24) is 4.98 Å². The Hall–Kier alpha value is -1.40. The molecule has 0 spiro atoms. The summed E-state index contributed by atoms with van der Waals surface area (Å²) in [5.74, 6) is 4.43. The normalized spacial score (nSPS) is 11.7. The topological polar surface area (TPSA) is 33.1 Å². The summed E-state index contributed by atoms with van der Waals surface area (Å²) in [7, 11) is 0. The van der Waals surface area contributed by atoms with Gasteiger partial charge in [-0.3, -0.25) is 0 Å². The van der Waals surface area contributed by atoms with Crippen molar-refractivity contribution in [3.8, 4) is 11.8 Å². The van der Waals surface area contributed by atoms with Gasteiger partial charge in [-0.05, 0) is 31.4 Å². The molecule has 0 saturated carbocycles. The summed E-state index contributed by atoms with van der Waals surface area (Å²) in [6.07, 6.45) is 0.775. The summed E-state index contributed by atoms with van der Waals surface area (Å²) in [6, 6.07) is 1.36. The van der Waals surface area contributed by atoms with Crippen LogP contribution in [0.2, 0.25) is 0 Å². The fourth-order valence-electron chi connectivity index (χ4n) is 0.798. The number of rotatable bonds is 0. The minimum absolute atomic E-state index is 0.0755. The van der Waals surface area contributed by atoms with Gasteiger partial charge < -0.3 is 5.11 Å². The smallest absolute Gasteiger partial charge is 0.157 e. The van der Waals surface area contributed by atoms with Crippen LogP contribution in [0.4, 0.5) is 4.39 Å². The third-order valence-electron chi connectivity index (χ3n) is 1.38. The average molecular weight is 179 g/mol. The molecule has 13 heavy (non-hydrogen) atoms. The highest BCUT2D eigenvalue weighted by atomic mass is 19.1. The van der Waals surface area contributed by atoms with Crippen molar-refractivity contribution in [3.05, 3.63) is 29.3 Å². The fraction of sp³-hybridized carbons (Fsp3) is 0.300. The van der Waals surface area contributed by atoms with Gasteiger partial charge in [0.05, 0.1) is 0 Å². The number of aryl methyl sites for hydroxylation is 1. The quantitative estimate of drug-likeness (QED) is 0.608. The molecule has 2 nitrogen and oxygen atoms in total. The SMILES string of the molecule is Cc1cnc(C#C[C@H](C)O)c(F)c1. The molecule has 0 aliphatic carbocycles. The van der Waals surface area contributed by atoms with Gasteiger partial charge in [0, 0.05) is 6.20 Å².